The van der Waals surface area contributed by atoms with Crippen LogP contribution >= 0.6 is 0 Å². The quantitative estimate of drug-likeness (QED) is 0.288. The van der Waals surface area contributed by atoms with Gasteiger partial charge in [0.15, 0.2) is 0 Å². The fraction of sp³-hybridized carbons (Fsp3) is 0.818. The maximum absolute atomic E-state index is 4.77. The van der Waals surface area contributed by atoms with E-state index >= 15 is 0 Å². The molecule has 0 aliphatic carbocycles. The lowest BCUT2D eigenvalue weighted by molar-refractivity contribution is 0.488. The van der Waals surface area contributed by atoms with Gasteiger partial charge in [0.1, 0.15) is 0 Å². The van der Waals surface area contributed by atoms with Crippen molar-refractivity contribution in [1.82, 2.24) is 0 Å². The molecule has 0 N–H and O–H groups in total. The highest BCUT2D eigenvalue weighted by atomic mass is 15.1. The number of hydrogen-bond acceptors (Lipinski definition) is 2. The normalized spacial score (nSPS) is 24.9. The van der Waals surface area contributed by atoms with Crippen molar-refractivity contribution in [3.05, 3.63) is 24.3 Å². The van der Waals surface area contributed by atoms with Crippen LogP contribution in [0.5, 0.6) is 0 Å². The first-order valence-electron chi connectivity index (χ1n) is 10.6. The molecule has 24 heavy (non-hydrogen) atoms. The minimum absolute atomic E-state index is 0.402. The fourth-order valence-corrected chi connectivity index (χ4v) is 3.18. The molecule has 0 aromatic carbocycles. The molecular formula is C22H40N2. The predicted octanol–water partition coefficient (Wildman–Crippen LogP) is 7.80. The van der Waals surface area contributed by atoms with Gasteiger partial charge in [-0.1, -0.05) is 89.5 Å². The lowest BCUT2D eigenvalue weighted by Crippen LogP contribution is -2.07. The van der Waals surface area contributed by atoms with E-state index in [1.165, 1.54) is 64.2 Å². The van der Waals surface area contributed by atoms with E-state index in [4.69, 9.17) is 10.2 Å². The standard InChI is InChI=1S/C22H40N2/c1-3-5-7-13-17-21-19-15-11-9-10-12-16-20-22(24-23-21)18-14-8-6-4-2/h11-12,15-16,21-22H,3-10,13-14,17-20H2,1-2H3/b15-11+,16-12+,24-23?. The Morgan fingerprint density at radius 3 is 1.50 bits per heavy atom. The molecule has 0 amide bonds. The molecule has 0 spiro atoms. The Morgan fingerprint density at radius 2 is 1.08 bits per heavy atom. The van der Waals surface area contributed by atoms with Crippen molar-refractivity contribution in [3.8, 4) is 0 Å². The summed E-state index contributed by atoms with van der Waals surface area (Å²) in [5, 5.41) is 9.55. The molecule has 1 heterocycles. The Kier molecular flexibility index (Phi) is 13.7. The van der Waals surface area contributed by atoms with E-state index in [1.54, 1.807) is 0 Å². The summed E-state index contributed by atoms with van der Waals surface area (Å²) in [4.78, 5) is 0. The second-order valence-corrected chi connectivity index (χ2v) is 7.23. The minimum atomic E-state index is 0.402. The average molecular weight is 333 g/mol. The number of azo groups is 1. The third-order valence-electron chi connectivity index (χ3n) is 4.82. The third-order valence-corrected chi connectivity index (χ3v) is 4.82. The SMILES string of the molecule is CCCCCCC1C/C=C/CC/C=C/CC(CCCCCC)N=N1. The van der Waals surface area contributed by atoms with E-state index in [2.05, 4.69) is 38.2 Å². The van der Waals surface area contributed by atoms with Gasteiger partial charge in [0, 0.05) is 0 Å². The zero-order chi connectivity index (χ0) is 17.3. The number of rotatable bonds is 10. The Balaban J connectivity index is 2.53. The van der Waals surface area contributed by atoms with E-state index in [0.717, 1.165) is 25.7 Å². The molecule has 138 valence electrons. The topological polar surface area (TPSA) is 24.7 Å². The van der Waals surface area contributed by atoms with Crippen LogP contribution in [-0.2, 0) is 0 Å². The fourth-order valence-electron chi connectivity index (χ4n) is 3.18. The maximum atomic E-state index is 4.77. The molecule has 1 aliphatic rings. The van der Waals surface area contributed by atoms with Gasteiger partial charge in [-0.15, -0.1) is 0 Å². The van der Waals surface area contributed by atoms with Crippen LogP contribution in [0, 0.1) is 0 Å². The molecule has 0 aromatic heterocycles. The highest BCUT2D eigenvalue weighted by molar-refractivity contribution is 4.92. The van der Waals surface area contributed by atoms with Crippen molar-refractivity contribution in [3.63, 3.8) is 0 Å². The lowest BCUT2D eigenvalue weighted by Gasteiger charge is -2.13. The van der Waals surface area contributed by atoms with Crippen LogP contribution in [0.25, 0.3) is 0 Å². The van der Waals surface area contributed by atoms with Gasteiger partial charge in [0.05, 0.1) is 12.1 Å². The van der Waals surface area contributed by atoms with Crippen LogP contribution in [0.3, 0.4) is 0 Å². The van der Waals surface area contributed by atoms with E-state index in [-0.39, 0.29) is 0 Å². The van der Waals surface area contributed by atoms with E-state index in [0.29, 0.717) is 12.1 Å². The van der Waals surface area contributed by atoms with Gasteiger partial charge in [0.25, 0.3) is 0 Å². The van der Waals surface area contributed by atoms with Gasteiger partial charge < -0.3 is 0 Å². The molecule has 0 saturated heterocycles. The zero-order valence-corrected chi connectivity index (χ0v) is 16.3. The molecule has 0 bridgehead atoms. The summed E-state index contributed by atoms with van der Waals surface area (Å²) in [6.45, 7) is 4.55. The Labute approximate surface area is 150 Å². The van der Waals surface area contributed by atoms with Gasteiger partial charge in [-0.2, -0.15) is 10.2 Å². The van der Waals surface area contributed by atoms with Crippen molar-refractivity contribution >= 4 is 0 Å². The summed E-state index contributed by atoms with van der Waals surface area (Å²) in [5.74, 6) is 0. The first-order valence-corrected chi connectivity index (χ1v) is 10.6. The van der Waals surface area contributed by atoms with Crippen molar-refractivity contribution in [1.29, 1.82) is 0 Å². The summed E-state index contributed by atoms with van der Waals surface area (Å²) in [7, 11) is 0. The maximum Gasteiger partial charge on any atom is 0.0742 e. The molecule has 0 saturated carbocycles. The zero-order valence-electron chi connectivity index (χ0n) is 16.3. The Morgan fingerprint density at radius 1 is 0.625 bits per heavy atom. The average Bonchev–Trinajstić information content (AvgIpc) is 2.59. The summed E-state index contributed by atoms with van der Waals surface area (Å²) >= 11 is 0. The van der Waals surface area contributed by atoms with E-state index in [9.17, 15) is 0 Å². The number of unbranched alkanes of at least 4 members (excludes halogenated alkanes) is 6. The van der Waals surface area contributed by atoms with Gasteiger partial charge in [0.2, 0.25) is 0 Å². The van der Waals surface area contributed by atoms with Gasteiger partial charge >= 0.3 is 0 Å². The van der Waals surface area contributed by atoms with E-state index in [1.807, 2.05) is 0 Å². The second kappa shape index (κ2) is 15.6. The molecule has 2 atom stereocenters. The van der Waals surface area contributed by atoms with Gasteiger partial charge in [-0.05, 0) is 38.5 Å². The van der Waals surface area contributed by atoms with Crippen molar-refractivity contribution in [2.24, 2.45) is 10.2 Å². The molecule has 0 fully saturated rings. The summed E-state index contributed by atoms with van der Waals surface area (Å²) in [6, 6.07) is 0.805. The summed E-state index contributed by atoms with van der Waals surface area (Å²) < 4.78 is 0. The predicted molar refractivity (Wildman–Crippen MR) is 107 cm³/mol. The molecule has 2 unspecified atom stereocenters. The molecule has 2 nitrogen and oxygen atoms in total. The largest absolute Gasteiger partial charge is 0.190 e. The number of nitrogens with zero attached hydrogens (tertiary/aromatic N) is 2. The van der Waals surface area contributed by atoms with Crippen LogP contribution in [0.15, 0.2) is 34.5 Å². The highest BCUT2D eigenvalue weighted by Crippen LogP contribution is 2.17. The molecular weight excluding hydrogens is 292 g/mol. The smallest absolute Gasteiger partial charge is 0.0742 e. The second-order valence-electron chi connectivity index (χ2n) is 7.23. The lowest BCUT2D eigenvalue weighted by atomic mass is 10.0. The number of hydrogen-bond donors (Lipinski definition) is 0. The molecule has 0 aromatic rings. The van der Waals surface area contributed by atoms with E-state index < -0.39 is 0 Å². The first-order chi connectivity index (χ1) is 11.9. The summed E-state index contributed by atoms with van der Waals surface area (Å²) in [5.41, 5.74) is 0. The van der Waals surface area contributed by atoms with Gasteiger partial charge in [-0.3, -0.25) is 0 Å². The number of allylic oxidation sites excluding steroid dienone is 2. The van der Waals surface area contributed by atoms with Crippen LogP contribution in [0.2, 0.25) is 0 Å². The van der Waals surface area contributed by atoms with Crippen molar-refractivity contribution in [2.75, 3.05) is 0 Å². The summed E-state index contributed by atoms with van der Waals surface area (Å²) in [6.07, 6.45) is 26.8. The molecule has 1 rings (SSSR count). The monoisotopic (exact) mass is 332 g/mol. The van der Waals surface area contributed by atoms with Crippen LogP contribution in [0.4, 0.5) is 0 Å². The highest BCUT2D eigenvalue weighted by Gasteiger charge is 2.09. The van der Waals surface area contributed by atoms with Crippen molar-refractivity contribution in [2.45, 2.75) is 116 Å². The van der Waals surface area contributed by atoms with Gasteiger partial charge in [-0.25, -0.2) is 0 Å². The first kappa shape index (κ1) is 21.1. The molecule has 0 radical (unpaired) electrons. The Bertz CT molecular complexity index is 323. The van der Waals surface area contributed by atoms with Crippen LogP contribution in [-0.4, -0.2) is 12.1 Å². The Hall–Kier alpha value is -0.920. The molecule has 2 heteroatoms. The molecule has 1 aliphatic heterocycles. The van der Waals surface area contributed by atoms with Crippen molar-refractivity contribution < 1.29 is 0 Å². The minimum Gasteiger partial charge on any atom is -0.190 e. The third kappa shape index (κ3) is 11.6. The van der Waals surface area contributed by atoms with Crippen LogP contribution < -0.4 is 0 Å². The van der Waals surface area contributed by atoms with Crippen LogP contribution in [0.1, 0.15) is 104 Å².